The van der Waals surface area contributed by atoms with Crippen LogP contribution in [0, 0.1) is 0 Å². The molecule has 0 radical (unpaired) electrons. The summed E-state index contributed by atoms with van der Waals surface area (Å²) in [5.41, 5.74) is 0. The van der Waals surface area contributed by atoms with Gasteiger partial charge < -0.3 is 18.9 Å². The second-order valence-electron chi connectivity index (χ2n) is 22.0. The third-order valence-corrected chi connectivity index (χ3v) is 14.2. The Morgan fingerprint density at radius 2 is 0.688 bits per heavy atom. The Labute approximate surface area is 491 Å². The standard InChI is InChI=1S/C70H118NO8P/c1-6-8-10-12-14-16-18-20-22-24-26-28-30-31-32-33-34-35-36-37-38-39-41-42-44-46-48-50-52-54-56-58-60-62-69(72)76-66-68(67-78-80(74,75)77-65-64-71(3,4)5)79-70(73)63-61-59-57-55-53-51-49-47-45-43-40-29-27-25-23-21-19-17-15-13-11-9-7-2/h8-11,14-17,20-23,26-29,43,45,49,51,55,57,68H,6-7,12-13,18-19,24-25,30-42,44,46-48,50,52-54,56,58-67H2,1-5H3/p+1/b10-8-,11-9-,16-14-,17-15-,22-20-,23-21-,28-26-,29-27-,45-43-,51-49-,57-55-. The molecule has 1 N–H and O–H groups in total. The van der Waals surface area contributed by atoms with Crippen molar-refractivity contribution in [2.45, 2.75) is 251 Å². The van der Waals surface area contributed by atoms with Gasteiger partial charge in [-0.15, -0.1) is 0 Å². The van der Waals surface area contributed by atoms with Gasteiger partial charge in [-0.3, -0.25) is 18.6 Å². The molecule has 2 unspecified atom stereocenters. The molecule has 0 rings (SSSR count). The fourth-order valence-corrected chi connectivity index (χ4v) is 9.09. The number of likely N-dealkylation sites (N-methyl/N-ethyl adjacent to an activating group) is 1. The molecule has 0 aromatic heterocycles. The number of unbranched alkanes of at least 4 members (excludes halogenated alkanes) is 21. The maximum absolute atomic E-state index is 12.8. The van der Waals surface area contributed by atoms with Crippen LogP contribution in [0.4, 0.5) is 0 Å². The smallest absolute Gasteiger partial charge is 0.462 e. The van der Waals surface area contributed by atoms with Gasteiger partial charge in [0, 0.05) is 12.8 Å². The van der Waals surface area contributed by atoms with Gasteiger partial charge in [-0.1, -0.05) is 263 Å². The first kappa shape index (κ1) is 76.1. The number of rotatable bonds is 57. The number of phosphoric acid groups is 1. The van der Waals surface area contributed by atoms with E-state index in [9.17, 15) is 19.0 Å². The third-order valence-electron chi connectivity index (χ3n) is 13.2. The van der Waals surface area contributed by atoms with Crippen molar-refractivity contribution >= 4 is 19.8 Å². The summed E-state index contributed by atoms with van der Waals surface area (Å²) >= 11 is 0. The quantitative estimate of drug-likeness (QED) is 0.0211. The van der Waals surface area contributed by atoms with Crippen LogP contribution in [-0.4, -0.2) is 74.9 Å². The third kappa shape index (κ3) is 63.3. The van der Waals surface area contributed by atoms with Gasteiger partial charge in [0.15, 0.2) is 6.10 Å². The molecule has 0 amide bonds. The molecule has 0 saturated heterocycles. The van der Waals surface area contributed by atoms with Crippen LogP contribution in [0.1, 0.15) is 245 Å². The lowest BCUT2D eigenvalue weighted by molar-refractivity contribution is -0.870. The Morgan fingerprint density at radius 3 is 1.04 bits per heavy atom. The van der Waals surface area contributed by atoms with Crippen molar-refractivity contribution in [3.63, 3.8) is 0 Å². The number of hydrogen-bond acceptors (Lipinski definition) is 7. The Kier molecular flexibility index (Phi) is 56.9. The first-order valence-electron chi connectivity index (χ1n) is 31.9. The minimum absolute atomic E-state index is 0.0149. The van der Waals surface area contributed by atoms with E-state index in [0.717, 1.165) is 89.9 Å². The first-order valence-corrected chi connectivity index (χ1v) is 33.4. The number of carbonyl (C=O) groups excluding carboxylic acids is 2. The maximum Gasteiger partial charge on any atom is 0.472 e. The summed E-state index contributed by atoms with van der Waals surface area (Å²) in [5, 5.41) is 0. The van der Waals surface area contributed by atoms with E-state index in [0.29, 0.717) is 23.9 Å². The number of allylic oxidation sites excluding steroid dienone is 22. The van der Waals surface area contributed by atoms with Crippen molar-refractivity contribution in [2.75, 3.05) is 47.5 Å². The zero-order chi connectivity index (χ0) is 58.4. The molecule has 456 valence electrons. The highest BCUT2D eigenvalue weighted by atomic mass is 31.2. The van der Waals surface area contributed by atoms with Crippen LogP contribution in [0.3, 0.4) is 0 Å². The monoisotopic (exact) mass is 1130 g/mol. The van der Waals surface area contributed by atoms with Gasteiger partial charge in [0.25, 0.3) is 0 Å². The summed E-state index contributed by atoms with van der Waals surface area (Å²) < 4.78 is 34.5. The number of ether oxygens (including phenoxy) is 2. The van der Waals surface area contributed by atoms with Crippen LogP contribution in [0.25, 0.3) is 0 Å². The van der Waals surface area contributed by atoms with Gasteiger partial charge in [-0.2, -0.15) is 0 Å². The zero-order valence-electron chi connectivity index (χ0n) is 51.8. The Bertz CT molecular complexity index is 1810. The topological polar surface area (TPSA) is 108 Å². The van der Waals surface area contributed by atoms with Crippen molar-refractivity contribution in [1.29, 1.82) is 0 Å². The minimum Gasteiger partial charge on any atom is -0.462 e. The second-order valence-corrected chi connectivity index (χ2v) is 23.5. The molecule has 0 saturated carbocycles. The van der Waals surface area contributed by atoms with E-state index in [1.807, 2.05) is 21.1 Å². The molecule has 80 heavy (non-hydrogen) atoms. The van der Waals surface area contributed by atoms with Crippen LogP contribution < -0.4 is 0 Å². The average molecular weight is 1130 g/mol. The number of nitrogens with zero attached hydrogens (tertiary/aromatic N) is 1. The lowest BCUT2D eigenvalue weighted by Gasteiger charge is -2.24. The van der Waals surface area contributed by atoms with E-state index in [2.05, 4.69) is 148 Å². The van der Waals surface area contributed by atoms with E-state index in [4.69, 9.17) is 18.5 Å². The molecule has 0 aliphatic carbocycles. The highest BCUT2D eigenvalue weighted by Gasteiger charge is 2.27. The summed E-state index contributed by atoms with van der Waals surface area (Å²) in [7, 11) is 1.43. The van der Waals surface area contributed by atoms with Crippen molar-refractivity contribution < 1.29 is 42.1 Å². The summed E-state index contributed by atoms with van der Waals surface area (Å²) in [4.78, 5) is 35.7. The van der Waals surface area contributed by atoms with E-state index >= 15 is 0 Å². The second kappa shape index (κ2) is 59.8. The summed E-state index contributed by atoms with van der Waals surface area (Å²) in [5.74, 6) is -0.869. The van der Waals surface area contributed by atoms with E-state index in [1.54, 1.807) is 0 Å². The van der Waals surface area contributed by atoms with E-state index in [1.165, 1.54) is 116 Å². The molecule has 0 aliphatic rings. The summed E-state index contributed by atoms with van der Waals surface area (Å²) in [6.45, 7) is 4.14. The SMILES string of the molecule is CC/C=C\C/C=C\C/C=C\C/C=C\C/C=C\C/C=C\C/C=C\CCCC(=O)OC(COC(=O)CCCCCCCCCCCCCCCCCCCCCC/C=C\C/C=C\C/C=C\C/C=C\CC)COP(=O)(O)OCC[N+](C)(C)C. The predicted octanol–water partition coefficient (Wildman–Crippen LogP) is 20.5. The minimum atomic E-state index is -4.41. The van der Waals surface area contributed by atoms with Crippen molar-refractivity contribution in [3.05, 3.63) is 134 Å². The van der Waals surface area contributed by atoms with Gasteiger partial charge in [0.05, 0.1) is 27.7 Å². The zero-order valence-corrected chi connectivity index (χ0v) is 52.7. The molecule has 9 nitrogen and oxygen atoms in total. The van der Waals surface area contributed by atoms with Crippen LogP contribution in [0.15, 0.2) is 134 Å². The highest BCUT2D eigenvalue weighted by Crippen LogP contribution is 2.43. The van der Waals surface area contributed by atoms with Gasteiger partial charge in [0.1, 0.15) is 19.8 Å². The fraction of sp³-hybridized carbons (Fsp3) is 0.657. The van der Waals surface area contributed by atoms with Crippen LogP contribution >= 0.6 is 7.82 Å². The average Bonchev–Trinajstić information content (AvgIpc) is 3.42. The van der Waals surface area contributed by atoms with Gasteiger partial charge in [0.2, 0.25) is 0 Å². The molecule has 0 aromatic rings. The molecule has 0 fully saturated rings. The molecule has 0 bridgehead atoms. The van der Waals surface area contributed by atoms with Crippen molar-refractivity contribution in [1.82, 2.24) is 0 Å². The number of quaternary nitrogens is 1. The van der Waals surface area contributed by atoms with Crippen molar-refractivity contribution in [3.8, 4) is 0 Å². The Hall–Kier alpha value is -3.85. The van der Waals surface area contributed by atoms with Crippen LogP contribution in [-0.2, 0) is 32.7 Å². The Balaban J connectivity index is 4.14. The number of esters is 2. The van der Waals surface area contributed by atoms with Gasteiger partial charge in [-0.05, 0) is 103 Å². The summed E-state index contributed by atoms with van der Waals surface area (Å²) in [6, 6.07) is 0. The molecule has 0 aliphatic heterocycles. The molecule has 10 heteroatoms. The molecule has 0 heterocycles. The number of phosphoric ester groups is 1. The Morgan fingerprint density at radius 1 is 0.388 bits per heavy atom. The molecular weight excluding hydrogens is 1010 g/mol. The molecule has 2 atom stereocenters. The van der Waals surface area contributed by atoms with E-state index in [-0.39, 0.29) is 32.0 Å². The number of hydrogen-bond donors (Lipinski definition) is 1. The molecular formula is C70H119NO8P+. The fourth-order valence-electron chi connectivity index (χ4n) is 8.35. The first-order chi connectivity index (χ1) is 39.0. The van der Waals surface area contributed by atoms with Crippen LogP contribution in [0.2, 0.25) is 0 Å². The largest absolute Gasteiger partial charge is 0.472 e. The van der Waals surface area contributed by atoms with Crippen LogP contribution in [0.5, 0.6) is 0 Å². The lowest BCUT2D eigenvalue weighted by atomic mass is 10.0. The summed E-state index contributed by atoms with van der Waals surface area (Å²) in [6.07, 6.45) is 87.0. The molecule has 0 aromatic carbocycles. The van der Waals surface area contributed by atoms with Gasteiger partial charge in [-0.25, -0.2) is 4.57 Å². The predicted molar refractivity (Wildman–Crippen MR) is 344 cm³/mol. The van der Waals surface area contributed by atoms with Crippen molar-refractivity contribution in [2.24, 2.45) is 0 Å². The lowest BCUT2D eigenvalue weighted by Crippen LogP contribution is -2.37. The van der Waals surface area contributed by atoms with Gasteiger partial charge >= 0.3 is 19.8 Å². The molecule has 0 spiro atoms. The normalized spacial score (nSPS) is 14.1. The number of carbonyl (C=O) groups is 2. The van der Waals surface area contributed by atoms with E-state index < -0.39 is 26.5 Å². The highest BCUT2D eigenvalue weighted by molar-refractivity contribution is 7.47. The maximum atomic E-state index is 12.8.